The molecule has 0 atom stereocenters. The first-order valence-electron chi connectivity index (χ1n) is 10.1. The number of hydrogen-bond donors (Lipinski definition) is 1. The van der Waals surface area contributed by atoms with Gasteiger partial charge in [-0.25, -0.2) is 0 Å². The van der Waals surface area contributed by atoms with Gasteiger partial charge in [0, 0.05) is 29.5 Å². The van der Waals surface area contributed by atoms with Crippen LogP contribution in [0.4, 0.5) is 16.2 Å². The van der Waals surface area contributed by atoms with Crippen molar-refractivity contribution in [1.82, 2.24) is 4.90 Å². The second-order valence-corrected chi connectivity index (χ2v) is 8.90. The van der Waals surface area contributed by atoms with Gasteiger partial charge in [0.15, 0.2) is 0 Å². The number of imide groups is 1. The number of halogens is 1. The van der Waals surface area contributed by atoms with Crippen LogP contribution >= 0.6 is 23.4 Å². The van der Waals surface area contributed by atoms with Crippen LogP contribution in [0.15, 0.2) is 47.4 Å². The number of amides is 3. The number of rotatable bonds is 5. The maximum absolute atomic E-state index is 12.7. The summed E-state index contributed by atoms with van der Waals surface area (Å²) in [5, 5.41) is 2.73. The lowest BCUT2D eigenvalue weighted by Gasteiger charge is -2.28. The number of benzene rings is 2. The minimum Gasteiger partial charge on any atom is -0.378 e. The average Bonchev–Trinajstić information content (AvgIpc) is 3.04. The smallest absolute Gasteiger partial charge is 0.294 e. The number of anilines is 2. The molecule has 3 amide bonds. The third-order valence-corrected chi connectivity index (χ3v) is 6.36. The first-order chi connectivity index (χ1) is 15.4. The summed E-state index contributed by atoms with van der Waals surface area (Å²) < 4.78 is 5.37. The molecule has 2 aromatic rings. The molecule has 0 unspecified atom stereocenters. The molecule has 0 aliphatic carbocycles. The van der Waals surface area contributed by atoms with Gasteiger partial charge < -0.3 is 15.0 Å². The molecule has 0 radical (unpaired) electrons. The zero-order chi connectivity index (χ0) is 22.7. The lowest BCUT2D eigenvalue weighted by Crippen LogP contribution is -2.36. The molecular weight excluding hydrogens is 450 g/mol. The summed E-state index contributed by atoms with van der Waals surface area (Å²) in [6.07, 6.45) is 1.67. The van der Waals surface area contributed by atoms with Crippen molar-refractivity contribution in [2.24, 2.45) is 0 Å². The third kappa shape index (κ3) is 5.15. The standard InChI is InChI=1S/C23H22ClN3O4S/c1-15-2-5-17(24)13-19(15)25-21(28)14-27-22(29)20(32-23(27)30)12-16-3-6-18(7-4-16)26-8-10-31-11-9-26/h2-7,12-13H,8-11,14H2,1H3,(H,25,28)/b20-12+. The van der Waals surface area contributed by atoms with Crippen molar-refractivity contribution in [3.8, 4) is 0 Å². The summed E-state index contributed by atoms with van der Waals surface area (Å²) in [5.41, 5.74) is 3.28. The van der Waals surface area contributed by atoms with Crippen LogP contribution in [-0.4, -0.2) is 54.8 Å². The Balaban J connectivity index is 1.41. The van der Waals surface area contributed by atoms with Gasteiger partial charge in [-0.1, -0.05) is 29.8 Å². The Bertz CT molecular complexity index is 1080. The molecule has 0 aromatic heterocycles. The number of carbonyl (C=O) groups excluding carboxylic acids is 3. The molecule has 2 saturated heterocycles. The van der Waals surface area contributed by atoms with Crippen LogP contribution in [0, 0.1) is 6.92 Å². The van der Waals surface area contributed by atoms with Gasteiger partial charge >= 0.3 is 0 Å². The van der Waals surface area contributed by atoms with Gasteiger partial charge in [-0.05, 0) is 60.2 Å². The maximum Gasteiger partial charge on any atom is 0.294 e. The fourth-order valence-electron chi connectivity index (χ4n) is 3.45. The lowest BCUT2D eigenvalue weighted by atomic mass is 10.1. The van der Waals surface area contributed by atoms with Gasteiger partial charge in [0.05, 0.1) is 18.1 Å². The molecule has 7 nitrogen and oxygen atoms in total. The van der Waals surface area contributed by atoms with Gasteiger partial charge in [-0.3, -0.25) is 19.3 Å². The van der Waals surface area contributed by atoms with E-state index in [4.69, 9.17) is 16.3 Å². The van der Waals surface area contributed by atoms with E-state index >= 15 is 0 Å². The van der Waals surface area contributed by atoms with Crippen LogP contribution in [0.2, 0.25) is 5.02 Å². The van der Waals surface area contributed by atoms with Crippen LogP contribution < -0.4 is 10.2 Å². The topological polar surface area (TPSA) is 79.0 Å². The van der Waals surface area contributed by atoms with Gasteiger partial charge in [-0.2, -0.15) is 0 Å². The molecule has 2 aliphatic rings. The summed E-state index contributed by atoms with van der Waals surface area (Å²) >= 11 is 6.81. The first kappa shape index (κ1) is 22.4. The number of aryl methyl sites for hydroxylation is 1. The van der Waals surface area contributed by atoms with Crippen LogP contribution in [0.5, 0.6) is 0 Å². The average molecular weight is 472 g/mol. The van der Waals surface area contributed by atoms with E-state index < -0.39 is 17.1 Å². The molecule has 2 heterocycles. The minimum absolute atomic E-state index is 0.292. The van der Waals surface area contributed by atoms with E-state index in [1.54, 1.807) is 24.3 Å². The maximum atomic E-state index is 12.7. The highest BCUT2D eigenvalue weighted by atomic mass is 35.5. The molecule has 2 aromatic carbocycles. The van der Waals surface area contributed by atoms with E-state index in [0.29, 0.717) is 28.8 Å². The highest BCUT2D eigenvalue weighted by Crippen LogP contribution is 2.32. The predicted octanol–water partition coefficient (Wildman–Crippen LogP) is 4.16. The van der Waals surface area contributed by atoms with Gasteiger partial charge in [-0.15, -0.1) is 0 Å². The summed E-state index contributed by atoms with van der Waals surface area (Å²) in [7, 11) is 0. The second-order valence-electron chi connectivity index (χ2n) is 7.47. The molecule has 2 fully saturated rings. The largest absolute Gasteiger partial charge is 0.378 e. The summed E-state index contributed by atoms with van der Waals surface area (Å²) in [5.74, 6) is -0.941. The Morgan fingerprint density at radius 1 is 1.16 bits per heavy atom. The number of ether oxygens (including phenoxy) is 1. The van der Waals surface area contributed by atoms with Crippen molar-refractivity contribution < 1.29 is 19.1 Å². The number of nitrogens with zero attached hydrogens (tertiary/aromatic N) is 2. The Hall–Kier alpha value is -2.81. The highest BCUT2D eigenvalue weighted by molar-refractivity contribution is 8.18. The van der Waals surface area contributed by atoms with Crippen LogP contribution in [0.3, 0.4) is 0 Å². The number of morpholine rings is 1. The molecule has 32 heavy (non-hydrogen) atoms. The molecule has 1 N–H and O–H groups in total. The molecule has 0 saturated carbocycles. The molecule has 4 rings (SSSR count). The molecule has 2 aliphatic heterocycles. The van der Waals surface area contributed by atoms with E-state index in [-0.39, 0.29) is 6.54 Å². The highest BCUT2D eigenvalue weighted by Gasteiger charge is 2.36. The Kier molecular flexibility index (Phi) is 6.83. The number of carbonyl (C=O) groups is 3. The fraction of sp³-hybridized carbons (Fsp3) is 0.261. The van der Waals surface area contributed by atoms with Crippen molar-refractivity contribution in [2.45, 2.75) is 6.92 Å². The summed E-state index contributed by atoms with van der Waals surface area (Å²) in [4.78, 5) is 41.0. The van der Waals surface area contributed by atoms with Crippen molar-refractivity contribution in [3.63, 3.8) is 0 Å². The molecule has 9 heteroatoms. The van der Waals surface area contributed by atoms with Gasteiger partial charge in [0.1, 0.15) is 6.54 Å². The minimum atomic E-state index is -0.477. The Morgan fingerprint density at radius 2 is 1.88 bits per heavy atom. The van der Waals surface area contributed by atoms with Gasteiger partial charge in [0.25, 0.3) is 11.1 Å². The van der Waals surface area contributed by atoms with E-state index in [1.807, 2.05) is 31.2 Å². The monoisotopic (exact) mass is 471 g/mol. The zero-order valence-corrected chi connectivity index (χ0v) is 19.0. The molecule has 0 bridgehead atoms. The fourth-order valence-corrected chi connectivity index (χ4v) is 4.46. The molecular formula is C23H22ClN3O4S. The number of thioether (sulfide) groups is 1. The predicted molar refractivity (Wildman–Crippen MR) is 127 cm³/mol. The van der Waals surface area contributed by atoms with Crippen LogP contribution in [0.25, 0.3) is 6.08 Å². The van der Waals surface area contributed by atoms with Crippen LogP contribution in [-0.2, 0) is 14.3 Å². The lowest BCUT2D eigenvalue weighted by molar-refractivity contribution is -0.127. The van der Waals surface area contributed by atoms with Crippen molar-refractivity contribution in [3.05, 3.63) is 63.5 Å². The quantitative estimate of drug-likeness (QED) is 0.660. The van der Waals surface area contributed by atoms with Crippen molar-refractivity contribution in [1.29, 1.82) is 0 Å². The first-order valence-corrected chi connectivity index (χ1v) is 11.3. The van der Waals surface area contributed by atoms with E-state index in [2.05, 4.69) is 10.2 Å². The second kappa shape index (κ2) is 9.77. The number of nitrogens with one attached hydrogen (secondary N) is 1. The molecule has 166 valence electrons. The normalized spacial score (nSPS) is 17.9. The van der Waals surface area contributed by atoms with E-state index in [0.717, 1.165) is 46.6 Å². The van der Waals surface area contributed by atoms with E-state index in [9.17, 15) is 14.4 Å². The SMILES string of the molecule is Cc1ccc(Cl)cc1NC(=O)CN1C(=O)S/C(=C/c2ccc(N3CCOCC3)cc2)C1=O. The van der Waals surface area contributed by atoms with Crippen LogP contribution in [0.1, 0.15) is 11.1 Å². The molecule has 0 spiro atoms. The summed E-state index contributed by atoms with van der Waals surface area (Å²) in [6, 6.07) is 12.9. The zero-order valence-electron chi connectivity index (χ0n) is 17.5. The van der Waals surface area contributed by atoms with Crippen molar-refractivity contribution in [2.75, 3.05) is 43.1 Å². The third-order valence-electron chi connectivity index (χ3n) is 5.22. The Labute approximate surface area is 195 Å². The number of hydrogen-bond acceptors (Lipinski definition) is 6. The van der Waals surface area contributed by atoms with Gasteiger partial charge in [0.2, 0.25) is 5.91 Å². The Morgan fingerprint density at radius 3 is 2.59 bits per heavy atom. The van der Waals surface area contributed by atoms with E-state index in [1.165, 1.54) is 0 Å². The van der Waals surface area contributed by atoms with Crippen molar-refractivity contribution >= 4 is 57.9 Å². The summed E-state index contributed by atoms with van der Waals surface area (Å²) in [6.45, 7) is 4.58.